The number of benzene rings is 1. The van der Waals surface area contributed by atoms with E-state index in [1.165, 1.54) is 0 Å². The van der Waals surface area contributed by atoms with E-state index >= 15 is 0 Å². The predicted octanol–water partition coefficient (Wildman–Crippen LogP) is 0.558. The first-order valence-electron chi connectivity index (χ1n) is 7.72. The van der Waals surface area contributed by atoms with Gasteiger partial charge in [-0.15, -0.1) is 0 Å². The van der Waals surface area contributed by atoms with Gasteiger partial charge in [0.1, 0.15) is 6.61 Å². The number of ether oxygens (including phenoxy) is 1. The molecule has 0 spiro atoms. The number of piperazine rings is 1. The zero-order valence-electron chi connectivity index (χ0n) is 13.3. The second kappa shape index (κ2) is 7.34. The number of hydrogen-bond acceptors (Lipinski definition) is 5. The Bertz CT molecular complexity index is 635. The van der Waals surface area contributed by atoms with Crippen molar-refractivity contribution in [3.8, 4) is 5.69 Å². The van der Waals surface area contributed by atoms with Crippen molar-refractivity contribution in [2.45, 2.75) is 6.54 Å². The van der Waals surface area contributed by atoms with E-state index in [-0.39, 0.29) is 12.5 Å². The van der Waals surface area contributed by atoms with E-state index in [4.69, 9.17) is 4.74 Å². The molecule has 0 aliphatic carbocycles. The average Bonchev–Trinajstić information content (AvgIpc) is 3.05. The zero-order valence-corrected chi connectivity index (χ0v) is 13.3. The zero-order chi connectivity index (χ0) is 16.1. The lowest BCUT2D eigenvalue weighted by Crippen LogP contribution is -2.49. The summed E-state index contributed by atoms with van der Waals surface area (Å²) in [6, 6.07) is 9.86. The molecule has 1 aromatic carbocycles. The number of carbonyl (C=O) groups excluding carboxylic acids is 1. The lowest BCUT2D eigenvalue weighted by Gasteiger charge is -2.34. The topological polar surface area (TPSA) is 63.5 Å². The molecular weight excluding hydrogens is 294 g/mol. The third-order valence-corrected chi connectivity index (χ3v) is 3.90. The maximum atomic E-state index is 11.8. The normalized spacial score (nSPS) is 15.8. The molecule has 0 atom stereocenters. The Balaban J connectivity index is 1.53. The van der Waals surface area contributed by atoms with Crippen LogP contribution in [0.15, 0.2) is 36.5 Å². The molecule has 3 rings (SSSR count). The van der Waals surface area contributed by atoms with Gasteiger partial charge in [-0.25, -0.2) is 0 Å². The fourth-order valence-corrected chi connectivity index (χ4v) is 2.65. The van der Waals surface area contributed by atoms with Crippen LogP contribution in [-0.4, -0.2) is 70.6 Å². The van der Waals surface area contributed by atoms with Crippen molar-refractivity contribution in [2.24, 2.45) is 0 Å². The maximum absolute atomic E-state index is 11.8. The maximum Gasteiger partial charge on any atom is 0.248 e. The Kier molecular flexibility index (Phi) is 4.99. The molecule has 1 aromatic heterocycles. The number of rotatable bonds is 5. The molecule has 122 valence electrons. The monoisotopic (exact) mass is 315 g/mol. The van der Waals surface area contributed by atoms with Crippen LogP contribution in [0.25, 0.3) is 5.69 Å². The van der Waals surface area contributed by atoms with Gasteiger partial charge in [-0.3, -0.25) is 9.69 Å². The standard InChI is InChI=1S/C16H21N5O2/c1-23-13-16(22)20-9-7-19(8-10-20)12-14-11-17-21(18-14)15-5-3-2-4-6-15/h2-6,11H,7-10,12-13H2,1H3. The third kappa shape index (κ3) is 3.94. The molecule has 0 unspecified atom stereocenters. The van der Waals surface area contributed by atoms with Crippen molar-refractivity contribution >= 4 is 5.91 Å². The third-order valence-electron chi connectivity index (χ3n) is 3.90. The van der Waals surface area contributed by atoms with Crippen LogP contribution in [0.4, 0.5) is 0 Å². The van der Waals surface area contributed by atoms with Gasteiger partial charge in [0.05, 0.1) is 17.6 Å². The number of amides is 1. The summed E-state index contributed by atoms with van der Waals surface area (Å²) in [4.78, 5) is 17.6. The molecule has 1 aliphatic heterocycles. The molecule has 1 saturated heterocycles. The summed E-state index contributed by atoms with van der Waals surface area (Å²) < 4.78 is 4.90. The van der Waals surface area contributed by atoms with Crippen molar-refractivity contribution in [1.82, 2.24) is 24.8 Å². The van der Waals surface area contributed by atoms with Crippen LogP contribution in [0.3, 0.4) is 0 Å². The second-order valence-electron chi connectivity index (χ2n) is 5.55. The molecule has 0 saturated carbocycles. The van der Waals surface area contributed by atoms with Crippen molar-refractivity contribution in [2.75, 3.05) is 39.9 Å². The quantitative estimate of drug-likeness (QED) is 0.807. The van der Waals surface area contributed by atoms with Crippen molar-refractivity contribution in [3.63, 3.8) is 0 Å². The van der Waals surface area contributed by atoms with E-state index < -0.39 is 0 Å². The van der Waals surface area contributed by atoms with Gasteiger partial charge in [-0.2, -0.15) is 15.0 Å². The minimum atomic E-state index is 0.0576. The highest BCUT2D eigenvalue weighted by Crippen LogP contribution is 2.09. The van der Waals surface area contributed by atoms with Gasteiger partial charge in [0.15, 0.2) is 0 Å². The summed E-state index contributed by atoms with van der Waals surface area (Å²) >= 11 is 0. The Labute approximate surface area is 135 Å². The lowest BCUT2D eigenvalue weighted by atomic mass is 10.3. The first-order valence-corrected chi connectivity index (χ1v) is 7.72. The molecular formula is C16H21N5O2. The summed E-state index contributed by atoms with van der Waals surface area (Å²) in [6.45, 7) is 4.05. The SMILES string of the molecule is COCC(=O)N1CCN(Cc2cnn(-c3ccccc3)n2)CC1. The highest BCUT2D eigenvalue weighted by molar-refractivity contribution is 5.77. The summed E-state index contributed by atoms with van der Waals surface area (Å²) in [5.74, 6) is 0.0576. The van der Waals surface area contributed by atoms with Crippen LogP contribution < -0.4 is 0 Å². The molecule has 2 heterocycles. The van der Waals surface area contributed by atoms with Crippen molar-refractivity contribution < 1.29 is 9.53 Å². The van der Waals surface area contributed by atoms with Crippen LogP contribution in [0.5, 0.6) is 0 Å². The highest BCUT2D eigenvalue weighted by atomic mass is 16.5. The number of nitrogens with zero attached hydrogens (tertiary/aromatic N) is 5. The van der Waals surface area contributed by atoms with E-state index in [0.717, 1.165) is 44.1 Å². The van der Waals surface area contributed by atoms with E-state index in [1.807, 2.05) is 35.2 Å². The molecule has 1 aliphatic rings. The first kappa shape index (κ1) is 15.6. The fourth-order valence-electron chi connectivity index (χ4n) is 2.65. The van der Waals surface area contributed by atoms with Crippen molar-refractivity contribution in [1.29, 1.82) is 0 Å². The summed E-state index contributed by atoms with van der Waals surface area (Å²) in [7, 11) is 1.55. The number of carbonyl (C=O) groups is 1. The van der Waals surface area contributed by atoms with Crippen LogP contribution in [0, 0.1) is 0 Å². The fraction of sp³-hybridized carbons (Fsp3) is 0.438. The molecule has 1 amide bonds. The second-order valence-corrected chi connectivity index (χ2v) is 5.55. The Hall–Kier alpha value is -2.25. The summed E-state index contributed by atoms with van der Waals surface area (Å²) in [5.41, 5.74) is 1.89. The Morgan fingerprint density at radius 1 is 1.17 bits per heavy atom. The molecule has 0 N–H and O–H groups in total. The molecule has 7 heteroatoms. The smallest absolute Gasteiger partial charge is 0.248 e. The molecule has 1 fully saturated rings. The number of aromatic nitrogens is 3. The molecule has 0 bridgehead atoms. The lowest BCUT2D eigenvalue weighted by molar-refractivity contribution is -0.136. The van der Waals surface area contributed by atoms with Gasteiger partial charge < -0.3 is 9.64 Å². The van der Waals surface area contributed by atoms with E-state index in [2.05, 4.69) is 15.1 Å². The van der Waals surface area contributed by atoms with E-state index in [1.54, 1.807) is 18.1 Å². The Morgan fingerprint density at radius 3 is 2.61 bits per heavy atom. The van der Waals surface area contributed by atoms with Gasteiger partial charge in [-0.05, 0) is 12.1 Å². The highest BCUT2D eigenvalue weighted by Gasteiger charge is 2.21. The Morgan fingerprint density at radius 2 is 1.91 bits per heavy atom. The van der Waals surface area contributed by atoms with Crippen molar-refractivity contribution in [3.05, 3.63) is 42.2 Å². The van der Waals surface area contributed by atoms with Gasteiger partial charge in [-0.1, -0.05) is 18.2 Å². The summed E-state index contributed by atoms with van der Waals surface area (Å²) in [5, 5.41) is 8.84. The molecule has 0 radical (unpaired) electrons. The van der Waals surface area contributed by atoms with Crippen LogP contribution in [-0.2, 0) is 16.1 Å². The number of para-hydroxylation sites is 1. The minimum Gasteiger partial charge on any atom is -0.375 e. The first-order chi connectivity index (χ1) is 11.3. The van der Waals surface area contributed by atoms with Crippen LogP contribution >= 0.6 is 0 Å². The minimum absolute atomic E-state index is 0.0576. The summed E-state index contributed by atoms with van der Waals surface area (Å²) in [6.07, 6.45) is 1.80. The van der Waals surface area contributed by atoms with Crippen LogP contribution in [0.2, 0.25) is 0 Å². The molecule has 2 aromatic rings. The molecule has 7 nitrogen and oxygen atoms in total. The van der Waals surface area contributed by atoms with Gasteiger partial charge >= 0.3 is 0 Å². The number of hydrogen-bond donors (Lipinski definition) is 0. The van der Waals surface area contributed by atoms with Gasteiger partial charge in [0, 0.05) is 39.8 Å². The van der Waals surface area contributed by atoms with Crippen LogP contribution in [0.1, 0.15) is 5.69 Å². The molecule has 23 heavy (non-hydrogen) atoms. The van der Waals surface area contributed by atoms with E-state index in [0.29, 0.717) is 0 Å². The largest absolute Gasteiger partial charge is 0.375 e. The van der Waals surface area contributed by atoms with Gasteiger partial charge in [0.25, 0.3) is 0 Å². The average molecular weight is 315 g/mol. The van der Waals surface area contributed by atoms with Gasteiger partial charge in [0.2, 0.25) is 5.91 Å². The number of methoxy groups -OCH3 is 1. The predicted molar refractivity (Wildman–Crippen MR) is 85.1 cm³/mol. The van der Waals surface area contributed by atoms with E-state index in [9.17, 15) is 4.79 Å².